The smallest absolute Gasteiger partial charge is 0.232 e. The van der Waals surface area contributed by atoms with E-state index in [9.17, 15) is 4.79 Å². The molecule has 0 saturated heterocycles. The van der Waals surface area contributed by atoms with Gasteiger partial charge in [-0.05, 0) is 31.1 Å². The van der Waals surface area contributed by atoms with E-state index in [1.165, 1.54) is 0 Å². The minimum atomic E-state index is -0.283. The van der Waals surface area contributed by atoms with Crippen LogP contribution in [-0.4, -0.2) is 28.9 Å². The number of nitrogens with two attached hydrogens (primary N) is 1. The summed E-state index contributed by atoms with van der Waals surface area (Å²) >= 11 is 5.08. The second-order valence-electron chi connectivity index (χ2n) is 6.43. The SMILES string of the molecule is CCCC(C(=O)N(CCC(C)C)CCC(C)C)C(N)=S. The first-order chi connectivity index (χ1) is 9.29. The fourth-order valence-corrected chi connectivity index (χ4v) is 2.28. The average Bonchev–Trinajstić information content (AvgIpc) is 2.34. The van der Waals surface area contributed by atoms with E-state index in [0.29, 0.717) is 16.8 Å². The lowest BCUT2D eigenvalue weighted by atomic mass is 10.0. The monoisotopic (exact) mass is 300 g/mol. The molecule has 0 bridgehead atoms. The largest absolute Gasteiger partial charge is 0.393 e. The van der Waals surface area contributed by atoms with Gasteiger partial charge in [0.2, 0.25) is 5.91 Å². The van der Waals surface area contributed by atoms with Crippen LogP contribution >= 0.6 is 12.2 Å². The number of carbonyl (C=O) groups is 1. The van der Waals surface area contributed by atoms with Crippen LogP contribution in [0.5, 0.6) is 0 Å². The molecule has 0 rings (SSSR count). The van der Waals surface area contributed by atoms with Gasteiger partial charge < -0.3 is 10.6 Å². The molecule has 2 N–H and O–H groups in total. The van der Waals surface area contributed by atoms with Crippen molar-refractivity contribution in [1.82, 2.24) is 4.90 Å². The lowest BCUT2D eigenvalue weighted by Crippen LogP contribution is -2.42. The van der Waals surface area contributed by atoms with Crippen molar-refractivity contribution in [3.05, 3.63) is 0 Å². The first kappa shape index (κ1) is 19.4. The van der Waals surface area contributed by atoms with Crippen LogP contribution in [0.3, 0.4) is 0 Å². The number of hydrogen-bond acceptors (Lipinski definition) is 2. The predicted molar refractivity (Wildman–Crippen MR) is 90.7 cm³/mol. The minimum absolute atomic E-state index is 0.126. The Hall–Kier alpha value is -0.640. The second kappa shape index (κ2) is 10.1. The number of amides is 1. The van der Waals surface area contributed by atoms with Crippen molar-refractivity contribution in [3.8, 4) is 0 Å². The topological polar surface area (TPSA) is 46.3 Å². The standard InChI is InChI=1S/C16H32N2OS/c1-6-7-14(15(17)20)16(19)18(10-8-12(2)3)11-9-13(4)5/h12-14H,6-11H2,1-5H3,(H2,17,20). The molecule has 118 valence electrons. The summed E-state index contributed by atoms with van der Waals surface area (Å²) in [5.74, 6) is 1.03. The van der Waals surface area contributed by atoms with Crippen LogP contribution in [0.4, 0.5) is 0 Å². The van der Waals surface area contributed by atoms with Crippen molar-refractivity contribution in [2.75, 3.05) is 13.1 Å². The summed E-state index contributed by atoms with van der Waals surface area (Å²) in [5.41, 5.74) is 5.76. The molecular formula is C16H32N2OS. The highest BCUT2D eigenvalue weighted by atomic mass is 32.1. The fourth-order valence-electron chi connectivity index (χ4n) is 2.06. The van der Waals surface area contributed by atoms with Crippen molar-refractivity contribution in [2.45, 2.75) is 60.3 Å². The molecule has 1 amide bonds. The van der Waals surface area contributed by atoms with Gasteiger partial charge in [0, 0.05) is 13.1 Å². The maximum atomic E-state index is 12.7. The summed E-state index contributed by atoms with van der Waals surface area (Å²) in [6, 6.07) is 0. The molecule has 20 heavy (non-hydrogen) atoms. The molecule has 4 heteroatoms. The highest BCUT2D eigenvalue weighted by Gasteiger charge is 2.25. The molecule has 0 fully saturated rings. The number of rotatable bonds is 10. The average molecular weight is 301 g/mol. The minimum Gasteiger partial charge on any atom is -0.393 e. The van der Waals surface area contributed by atoms with Gasteiger partial charge in [-0.25, -0.2) is 0 Å². The highest BCUT2D eigenvalue weighted by molar-refractivity contribution is 7.80. The fraction of sp³-hybridized carbons (Fsp3) is 0.875. The van der Waals surface area contributed by atoms with E-state index in [0.717, 1.165) is 38.8 Å². The lowest BCUT2D eigenvalue weighted by Gasteiger charge is -2.28. The van der Waals surface area contributed by atoms with Gasteiger partial charge in [0.15, 0.2) is 0 Å². The van der Waals surface area contributed by atoms with E-state index in [4.69, 9.17) is 18.0 Å². The zero-order valence-electron chi connectivity index (χ0n) is 13.8. The Bertz CT molecular complexity index is 291. The molecule has 0 aliphatic heterocycles. The van der Waals surface area contributed by atoms with Crippen molar-refractivity contribution in [3.63, 3.8) is 0 Å². The quantitative estimate of drug-likeness (QED) is 0.627. The maximum absolute atomic E-state index is 12.7. The van der Waals surface area contributed by atoms with Gasteiger partial charge in [-0.3, -0.25) is 4.79 Å². The van der Waals surface area contributed by atoms with Crippen molar-refractivity contribution in [1.29, 1.82) is 0 Å². The summed E-state index contributed by atoms with van der Waals surface area (Å²) in [7, 11) is 0. The summed E-state index contributed by atoms with van der Waals surface area (Å²) < 4.78 is 0. The van der Waals surface area contributed by atoms with Gasteiger partial charge in [0.1, 0.15) is 0 Å². The Morgan fingerprint density at radius 1 is 1.05 bits per heavy atom. The molecular weight excluding hydrogens is 268 g/mol. The molecule has 0 aromatic carbocycles. The van der Waals surface area contributed by atoms with E-state index < -0.39 is 0 Å². The van der Waals surface area contributed by atoms with Crippen LogP contribution in [0.25, 0.3) is 0 Å². The maximum Gasteiger partial charge on any atom is 0.232 e. The molecule has 0 spiro atoms. The van der Waals surface area contributed by atoms with Crippen LogP contribution in [0, 0.1) is 17.8 Å². The first-order valence-electron chi connectivity index (χ1n) is 7.87. The highest BCUT2D eigenvalue weighted by Crippen LogP contribution is 2.15. The normalized spacial score (nSPS) is 12.8. The third kappa shape index (κ3) is 7.83. The van der Waals surface area contributed by atoms with E-state index in [1.54, 1.807) is 0 Å². The van der Waals surface area contributed by atoms with E-state index >= 15 is 0 Å². The molecule has 0 aromatic rings. The van der Waals surface area contributed by atoms with Gasteiger partial charge >= 0.3 is 0 Å². The van der Waals surface area contributed by atoms with Gasteiger partial charge in [-0.2, -0.15) is 0 Å². The number of carbonyl (C=O) groups excluding carboxylic acids is 1. The Morgan fingerprint density at radius 2 is 1.50 bits per heavy atom. The molecule has 1 atom stereocenters. The van der Waals surface area contributed by atoms with E-state index in [2.05, 4.69) is 34.6 Å². The molecule has 0 aromatic heterocycles. The Balaban J connectivity index is 4.77. The Labute approximate surface area is 130 Å². The molecule has 0 heterocycles. The van der Waals surface area contributed by atoms with Crippen molar-refractivity contribution in [2.24, 2.45) is 23.5 Å². The van der Waals surface area contributed by atoms with Crippen LogP contribution in [0.15, 0.2) is 0 Å². The Kier molecular flexibility index (Phi) is 9.82. The number of nitrogens with zero attached hydrogens (tertiary/aromatic N) is 1. The summed E-state index contributed by atoms with van der Waals surface area (Å²) in [4.78, 5) is 15.0. The Morgan fingerprint density at radius 3 is 1.80 bits per heavy atom. The van der Waals surface area contributed by atoms with Crippen LogP contribution in [0.1, 0.15) is 60.3 Å². The van der Waals surface area contributed by atoms with E-state index in [-0.39, 0.29) is 11.8 Å². The summed E-state index contributed by atoms with van der Waals surface area (Å²) in [6.45, 7) is 12.4. The molecule has 0 saturated carbocycles. The van der Waals surface area contributed by atoms with Crippen LogP contribution in [0.2, 0.25) is 0 Å². The zero-order valence-corrected chi connectivity index (χ0v) is 14.6. The van der Waals surface area contributed by atoms with Crippen molar-refractivity contribution < 1.29 is 4.79 Å². The second-order valence-corrected chi connectivity index (χ2v) is 6.91. The summed E-state index contributed by atoms with van der Waals surface area (Å²) in [5, 5.41) is 0. The predicted octanol–water partition coefficient (Wildman–Crippen LogP) is 3.61. The van der Waals surface area contributed by atoms with Gasteiger partial charge in [0.25, 0.3) is 0 Å². The third-order valence-electron chi connectivity index (χ3n) is 3.48. The molecule has 3 nitrogen and oxygen atoms in total. The van der Waals surface area contributed by atoms with Crippen LogP contribution < -0.4 is 5.73 Å². The molecule has 0 radical (unpaired) electrons. The van der Waals surface area contributed by atoms with E-state index in [1.807, 2.05) is 4.90 Å². The van der Waals surface area contributed by atoms with Gasteiger partial charge in [0.05, 0.1) is 10.9 Å². The molecule has 0 aliphatic carbocycles. The number of thiocarbonyl (C=S) groups is 1. The van der Waals surface area contributed by atoms with Gasteiger partial charge in [-0.15, -0.1) is 0 Å². The summed E-state index contributed by atoms with van der Waals surface area (Å²) in [6.07, 6.45) is 3.74. The molecule has 1 unspecified atom stereocenters. The van der Waals surface area contributed by atoms with Crippen molar-refractivity contribution >= 4 is 23.1 Å². The zero-order chi connectivity index (χ0) is 15.7. The van der Waals surface area contributed by atoms with Crippen LogP contribution in [-0.2, 0) is 4.79 Å². The molecule has 0 aliphatic rings. The van der Waals surface area contributed by atoms with Gasteiger partial charge in [-0.1, -0.05) is 53.3 Å². The third-order valence-corrected chi connectivity index (χ3v) is 3.77. The first-order valence-corrected chi connectivity index (χ1v) is 8.28. The number of hydrogen-bond donors (Lipinski definition) is 1. The lowest BCUT2D eigenvalue weighted by molar-refractivity contribution is -0.133.